The van der Waals surface area contributed by atoms with E-state index in [-0.39, 0.29) is 37.5 Å². The van der Waals surface area contributed by atoms with E-state index in [1.54, 1.807) is 0 Å². The first-order valence-corrected chi connectivity index (χ1v) is 27.9. The van der Waals surface area contributed by atoms with Crippen molar-refractivity contribution in [3.8, 4) is 0 Å². The Morgan fingerprint density at radius 3 is 0.985 bits per heavy atom. The van der Waals surface area contributed by atoms with Crippen molar-refractivity contribution < 1.29 is 28.6 Å². The largest absolute Gasteiger partial charge is 0.462 e. The Morgan fingerprint density at radius 2 is 0.588 bits per heavy atom. The van der Waals surface area contributed by atoms with Crippen molar-refractivity contribution in [2.45, 2.75) is 252 Å². The molecule has 0 spiro atoms. The Bertz CT molecular complexity index is 1410. The van der Waals surface area contributed by atoms with E-state index in [4.69, 9.17) is 14.2 Å². The van der Waals surface area contributed by atoms with Gasteiger partial charge < -0.3 is 14.2 Å². The van der Waals surface area contributed by atoms with Crippen LogP contribution >= 0.6 is 0 Å². The molecule has 386 valence electrons. The maximum atomic E-state index is 12.8. The van der Waals surface area contributed by atoms with Gasteiger partial charge in [-0.25, -0.2) is 0 Å². The number of ether oxygens (including phenoxy) is 3. The zero-order chi connectivity index (χ0) is 49.3. The number of rotatable bonds is 49. The third-order valence-electron chi connectivity index (χ3n) is 11.5. The molecule has 1 unspecified atom stereocenters. The molecule has 0 saturated carbocycles. The van der Waals surface area contributed by atoms with Crippen LogP contribution in [0.1, 0.15) is 245 Å². The molecule has 0 aliphatic rings. The third kappa shape index (κ3) is 53.0. The normalized spacial score (nSPS) is 12.9. The van der Waals surface area contributed by atoms with Crippen LogP contribution in [-0.2, 0) is 28.6 Å². The van der Waals surface area contributed by atoms with Crippen molar-refractivity contribution >= 4 is 17.9 Å². The van der Waals surface area contributed by atoms with Gasteiger partial charge in [-0.05, 0) is 122 Å². The molecular formula is C62H102O6. The van der Waals surface area contributed by atoms with Crippen LogP contribution in [0.25, 0.3) is 0 Å². The van der Waals surface area contributed by atoms with Crippen molar-refractivity contribution in [3.05, 3.63) is 109 Å². The molecule has 6 nitrogen and oxygen atoms in total. The molecular weight excluding hydrogens is 841 g/mol. The maximum absolute atomic E-state index is 12.8. The highest BCUT2D eigenvalue weighted by Gasteiger charge is 2.19. The summed E-state index contributed by atoms with van der Waals surface area (Å²) in [5, 5.41) is 0. The van der Waals surface area contributed by atoms with E-state index in [1.165, 1.54) is 83.5 Å². The van der Waals surface area contributed by atoms with Crippen LogP contribution in [0.15, 0.2) is 109 Å². The molecule has 0 amide bonds. The average molecular weight is 943 g/mol. The highest BCUT2D eigenvalue weighted by molar-refractivity contribution is 5.71. The van der Waals surface area contributed by atoms with E-state index in [2.05, 4.69) is 130 Å². The molecule has 1 atom stereocenters. The fraction of sp³-hybridized carbons (Fsp3) is 0.661. The van der Waals surface area contributed by atoms with Crippen molar-refractivity contribution in [2.75, 3.05) is 13.2 Å². The minimum absolute atomic E-state index is 0.111. The second kappa shape index (κ2) is 55.7. The molecule has 0 radical (unpaired) electrons. The summed E-state index contributed by atoms with van der Waals surface area (Å²) in [6.07, 6.45) is 75.0. The van der Waals surface area contributed by atoms with Crippen molar-refractivity contribution in [1.29, 1.82) is 0 Å². The van der Waals surface area contributed by atoms with Crippen molar-refractivity contribution in [3.63, 3.8) is 0 Å². The van der Waals surface area contributed by atoms with E-state index in [1.807, 2.05) is 0 Å². The van der Waals surface area contributed by atoms with Crippen LogP contribution in [0.2, 0.25) is 0 Å². The maximum Gasteiger partial charge on any atom is 0.306 e. The smallest absolute Gasteiger partial charge is 0.306 e. The standard InChI is InChI=1S/C62H102O6/c1-4-7-10-13-16-19-22-25-28-30-31-33-34-37-40-43-46-49-52-55-61(64)67-58-59(57-66-60(63)54-51-48-45-42-39-36-27-24-21-18-15-12-9-6-3)68-62(65)56-53-50-47-44-41-38-35-32-29-26-23-20-17-14-11-8-5-2/h8,11,16-17,19-20,24-29,31,33,35,38,44,47,59H,4-7,9-10,12-15,18,21-23,30,32,34,36-37,39-43,45-46,48-58H2,1-3H3/b11-8-,19-16-,20-17-,27-24-,28-25-,29-26-,33-31-,38-35-,47-44-. The van der Waals surface area contributed by atoms with E-state index < -0.39 is 6.10 Å². The number of hydrogen-bond donors (Lipinski definition) is 0. The van der Waals surface area contributed by atoms with Gasteiger partial charge in [-0.15, -0.1) is 0 Å². The van der Waals surface area contributed by atoms with E-state index in [9.17, 15) is 14.4 Å². The van der Waals surface area contributed by atoms with Gasteiger partial charge in [0.05, 0.1) is 0 Å². The van der Waals surface area contributed by atoms with E-state index in [0.29, 0.717) is 19.3 Å². The number of allylic oxidation sites excluding steroid dienone is 18. The van der Waals surface area contributed by atoms with Gasteiger partial charge in [0, 0.05) is 19.3 Å². The summed E-state index contributed by atoms with van der Waals surface area (Å²) in [4.78, 5) is 38.1. The number of carbonyl (C=O) groups excluding carboxylic acids is 3. The van der Waals surface area contributed by atoms with Crippen molar-refractivity contribution in [1.82, 2.24) is 0 Å². The molecule has 0 heterocycles. The second-order valence-corrected chi connectivity index (χ2v) is 18.1. The van der Waals surface area contributed by atoms with E-state index >= 15 is 0 Å². The molecule has 0 aromatic rings. The summed E-state index contributed by atoms with van der Waals surface area (Å²) in [6.45, 7) is 6.42. The molecule has 68 heavy (non-hydrogen) atoms. The van der Waals surface area contributed by atoms with Gasteiger partial charge in [-0.2, -0.15) is 0 Å². The summed E-state index contributed by atoms with van der Waals surface area (Å²) in [6, 6.07) is 0. The van der Waals surface area contributed by atoms with Crippen LogP contribution in [0.3, 0.4) is 0 Å². The van der Waals surface area contributed by atoms with Gasteiger partial charge in [-0.3, -0.25) is 14.4 Å². The minimum Gasteiger partial charge on any atom is -0.462 e. The summed E-state index contributed by atoms with van der Waals surface area (Å²) in [5.41, 5.74) is 0. The SMILES string of the molecule is CC/C=C\C/C=C\C/C=C\C/C=C\C/C=C\CCCC(=O)OC(COC(=O)CCCCCCC/C=C\CCCCCCC)COC(=O)CCCCCCCC/C=C\C/C=C\C/C=C\CCCCC. The molecule has 0 fully saturated rings. The molecule has 0 rings (SSSR count). The Morgan fingerprint density at radius 1 is 0.309 bits per heavy atom. The van der Waals surface area contributed by atoms with Gasteiger partial charge in [0.15, 0.2) is 6.10 Å². The van der Waals surface area contributed by atoms with Gasteiger partial charge in [0.1, 0.15) is 13.2 Å². The van der Waals surface area contributed by atoms with Gasteiger partial charge >= 0.3 is 17.9 Å². The summed E-state index contributed by atoms with van der Waals surface area (Å²) < 4.78 is 16.8. The van der Waals surface area contributed by atoms with Gasteiger partial charge in [0.25, 0.3) is 0 Å². The van der Waals surface area contributed by atoms with Crippen LogP contribution in [-0.4, -0.2) is 37.2 Å². The van der Waals surface area contributed by atoms with Crippen LogP contribution < -0.4 is 0 Å². The molecule has 0 bridgehead atoms. The molecule has 0 aliphatic carbocycles. The predicted molar refractivity (Wildman–Crippen MR) is 293 cm³/mol. The lowest BCUT2D eigenvalue weighted by atomic mass is 10.1. The highest BCUT2D eigenvalue weighted by Crippen LogP contribution is 2.13. The second-order valence-electron chi connectivity index (χ2n) is 18.1. The molecule has 0 N–H and O–H groups in total. The molecule has 0 aromatic carbocycles. The number of hydrogen-bond acceptors (Lipinski definition) is 6. The molecule has 0 saturated heterocycles. The average Bonchev–Trinajstić information content (AvgIpc) is 3.34. The minimum atomic E-state index is -0.819. The van der Waals surface area contributed by atoms with E-state index in [0.717, 1.165) is 116 Å². The predicted octanol–water partition coefficient (Wildman–Crippen LogP) is 18.7. The van der Waals surface area contributed by atoms with Crippen molar-refractivity contribution in [2.24, 2.45) is 0 Å². The Hall–Kier alpha value is -3.93. The first-order chi connectivity index (χ1) is 33.5. The lowest BCUT2D eigenvalue weighted by Crippen LogP contribution is -2.30. The quantitative estimate of drug-likeness (QED) is 0.0262. The topological polar surface area (TPSA) is 78.9 Å². The Kier molecular flexibility index (Phi) is 52.4. The summed E-state index contributed by atoms with van der Waals surface area (Å²) in [5.74, 6) is -0.992. The first kappa shape index (κ1) is 64.1. The highest BCUT2D eigenvalue weighted by atomic mass is 16.6. The zero-order valence-electron chi connectivity index (χ0n) is 44.1. The number of esters is 3. The summed E-state index contributed by atoms with van der Waals surface area (Å²) >= 11 is 0. The summed E-state index contributed by atoms with van der Waals surface area (Å²) in [7, 11) is 0. The fourth-order valence-electron chi connectivity index (χ4n) is 7.30. The van der Waals surface area contributed by atoms with Crippen LogP contribution in [0.5, 0.6) is 0 Å². The lowest BCUT2D eigenvalue weighted by molar-refractivity contribution is -0.167. The number of carbonyl (C=O) groups is 3. The van der Waals surface area contributed by atoms with Crippen LogP contribution in [0.4, 0.5) is 0 Å². The van der Waals surface area contributed by atoms with Gasteiger partial charge in [0.2, 0.25) is 0 Å². The third-order valence-corrected chi connectivity index (χ3v) is 11.5. The van der Waals surface area contributed by atoms with Crippen LogP contribution in [0, 0.1) is 0 Å². The molecule has 0 aromatic heterocycles. The Labute approximate surface area is 419 Å². The number of unbranched alkanes of at least 4 members (excludes halogenated alkanes) is 20. The Balaban J connectivity index is 4.52. The lowest BCUT2D eigenvalue weighted by Gasteiger charge is -2.18. The first-order valence-electron chi connectivity index (χ1n) is 27.9. The fourth-order valence-corrected chi connectivity index (χ4v) is 7.30. The zero-order valence-corrected chi connectivity index (χ0v) is 44.1. The van der Waals surface area contributed by atoms with Gasteiger partial charge in [-0.1, -0.05) is 214 Å². The monoisotopic (exact) mass is 943 g/mol. The molecule has 6 heteroatoms. The molecule has 0 aliphatic heterocycles.